The fourth-order valence-corrected chi connectivity index (χ4v) is 4.47. The van der Waals surface area contributed by atoms with Gasteiger partial charge in [0.15, 0.2) is 6.29 Å². The summed E-state index contributed by atoms with van der Waals surface area (Å²) >= 11 is 0. The Morgan fingerprint density at radius 3 is 2.20 bits per heavy atom. The minimum Gasteiger partial charge on any atom is -0.463 e. The minimum absolute atomic E-state index is 0.0230. The van der Waals surface area contributed by atoms with Gasteiger partial charge in [-0.3, -0.25) is 9.59 Å². The van der Waals surface area contributed by atoms with E-state index in [2.05, 4.69) is 10.6 Å². The van der Waals surface area contributed by atoms with Crippen molar-refractivity contribution in [2.75, 3.05) is 13.2 Å². The molecule has 0 bridgehead atoms. The number of hydrogen-bond acceptors (Lipinski definition) is 9. The third kappa shape index (κ3) is 12.2. The van der Waals surface area contributed by atoms with Crippen LogP contribution in [0.15, 0.2) is 60.7 Å². The van der Waals surface area contributed by atoms with Crippen LogP contribution in [-0.4, -0.2) is 72.5 Å². The van der Waals surface area contributed by atoms with Crippen LogP contribution < -0.4 is 10.6 Å². The summed E-state index contributed by atoms with van der Waals surface area (Å²) in [6.07, 6.45) is -4.05. The highest BCUT2D eigenvalue weighted by molar-refractivity contribution is 5.76. The molecular weight excluding hydrogens is 568 g/mol. The smallest absolute Gasteiger partial charge is 0.407 e. The zero-order chi connectivity index (χ0) is 32.7. The predicted molar refractivity (Wildman–Crippen MR) is 162 cm³/mol. The molecule has 1 unspecified atom stereocenters. The Morgan fingerprint density at radius 1 is 0.955 bits per heavy atom. The molecule has 0 aromatic heterocycles. The maximum absolute atomic E-state index is 12.8. The molecule has 0 spiro atoms. The normalized spacial score (nSPS) is 22.0. The summed E-state index contributed by atoms with van der Waals surface area (Å²) in [7, 11) is 0. The quantitative estimate of drug-likeness (QED) is 0.200. The SMILES string of the molecule is [2H]CCCC(=O)N[C@H]1C(OCc2ccccc2)O[C@H](COC(=O)CCCNC(=O)OC(C)(C)C)[C@@H](O)[C@@H]1OCc1ccccc1. The number of ether oxygens (including phenoxy) is 5. The number of carbonyl (C=O) groups excluding carboxylic acids is 3. The maximum atomic E-state index is 12.8. The Hall–Kier alpha value is -3.51. The van der Waals surface area contributed by atoms with Crippen LogP contribution in [0.3, 0.4) is 0 Å². The number of carbonyl (C=O) groups is 3. The van der Waals surface area contributed by atoms with E-state index >= 15 is 0 Å². The molecule has 242 valence electrons. The van der Waals surface area contributed by atoms with Crippen LogP contribution in [0.25, 0.3) is 0 Å². The lowest BCUT2D eigenvalue weighted by Crippen LogP contribution is -2.65. The predicted octanol–water partition coefficient (Wildman–Crippen LogP) is 4.01. The number of aliphatic hydroxyl groups excluding tert-OH is 1. The van der Waals surface area contributed by atoms with Gasteiger partial charge in [0.25, 0.3) is 0 Å². The van der Waals surface area contributed by atoms with E-state index in [1.165, 1.54) is 0 Å². The zero-order valence-corrected chi connectivity index (χ0v) is 25.7. The number of hydrogen-bond donors (Lipinski definition) is 3. The van der Waals surface area contributed by atoms with Crippen molar-refractivity contribution in [2.45, 2.75) is 103 Å². The molecule has 2 aromatic rings. The Bertz CT molecular complexity index is 1180. The molecule has 3 rings (SSSR count). The number of alkyl carbamates (subject to hydrolysis) is 1. The Kier molecular flexibility index (Phi) is 13.4. The van der Waals surface area contributed by atoms with Gasteiger partial charge >= 0.3 is 12.1 Å². The highest BCUT2D eigenvalue weighted by Gasteiger charge is 2.47. The number of benzene rings is 2. The molecule has 44 heavy (non-hydrogen) atoms. The lowest BCUT2D eigenvalue weighted by Gasteiger charge is -2.44. The molecule has 11 heteroatoms. The van der Waals surface area contributed by atoms with Gasteiger partial charge in [-0.25, -0.2) is 4.79 Å². The van der Waals surface area contributed by atoms with Crippen LogP contribution in [-0.2, 0) is 46.5 Å². The summed E-state index contributed by atoms with van der Waals surface area (Å²) in [5.41, 5.74) is 1.11. The molecule has 11 nitrogen and oxygen atoms in total. The van der Waals surface area contributed by atoms with E-state index in [-0.39, 0.29) is 52.0 Å². The van der Waals surface area contributed by atoms with Crippen LogP contribution >= 0.6 is 0 Å². The number of amides is 2. The van der Waals surface area contributed by atoms with E-state index < -0.39 is 48.3 Å². The topological polar surface area (TPSA) is 142 Å². The van der Waals surface area contributed by atoms with Crippen molar-refractivity contribution >= 4 is 18.0 Å². The lowest BCUT2D eigenvalue weighted by atomic mass is 9.96. The number of rotatable bonds is 15. The van der Waals surface area contributed by atoms with Gasteiger partial charge in [0.05, 0.1) is 13.2 Å². The molecule has 2 amide bonds. The van der Waals surface area contributed by atoms with Crippen LogP contribution in [0.5, 0.6) is 0 Å². The average Bonchev–Trinajstić information content (AvgIpc) is 3.01. The molecule has 0 aliphatic carbocycles. The third-order valence-electron chi connectivity index (χ3n) is 6.58. The van der Waals surface area contributed by atoms with Gasteiger partial charge in [0.2, 0.25) is 5.91 Å². The molecule has 1 aliphatic rings. The third-order valence-corrected chi connectivity index (χ3v) is 6.58. The van der Waals surface area contributed by atoms with Gasteiger partial charge in [0, 0.05) is 20.8 Å². The van der Waals surface area contributed by atoms with Gasteiger partial charge in [-0.2, -0.15) is 0 Å². The van der Waals surface area contributed by atoms with Crippen LogP contribution in [0.4, 0.5) is 4.79 Å². The van der Waals surface area contributed by atoms with E-state index in [4.69, 9.17) is 25.1 Å². The Balaban J connectivity index is 1.68. The number of nitrogens with one attached hydrogen (secondary N) is 2. The molecule has 1 heterocycles. The first-order valence-electron chi connectivity index (χ1n) is 15.6. The largest absolute Gasteiger partial charge is 0.463 e. The summed E-state index contributed by atoms with van der Waals surface area (Å²) < 4.78 is 36.5. The van der Waals surface area contributed by atoms with Gasteiger partial charge in [-0.15, -0.1) is 0 Å². The summed E-state index contributed by atoms with van der Waals surface area (Å²) in [6, 6.07) is 17.9. The fraction of sp³-hybridized carbons (Fsp3) is 0.545. The van der Waals surface area contributed by atoms with Crippen LogP contribution in [0.1, 0.15) is 65.9 Å². The van der Waals surface area contributed by atoms with Gasteiger partial charge in [-0.05, 0) is 44.7 Å². The van der Waals surface area contributed by atoms with E-state index in [0.717, 1.165) is 11.1 Å². The van der Waals surface area contributed by atoms with Gasteiger partial charge in [0.1, 0.15) is 36.6 Å². The van der Waals surface area contributed by atoms with Crippen molar-refractivity contribution < 1.29 is 44.5 Å². The Morgan fingerprint density at radius 2 is 1.59 bits per heavy atom. The number of aliphatic hydroxyl groups is 1. The molecule has 3 N–H and O–H groups in total. The van der Waals surface area contributed by atoms with Gasteiger partial charge in [-0.1, -0.05) is 67.6 Å². The summed E-state index contributed by atoms with van der Waals surface area (Å²) in [6.45, 7) is 5.62. The van der Waals surface area contributed by atoms with Crippen molar-refractivity contribution in [3.05, 3.63) is 71.8 Å². The van der Waals surface area contributed by atoms with E-state index in [9.17, 15) is 19.5 Å². The minimum atomic E-state index is -1.28. The molecule has 0 saturated carbocycles. The fourth-order valence-electron chi connectivity index (χ4n) is 4.47. The van der Waals surface area contributed by atoms with Crippen LogP contribution in [0.2, 0.25) is 0 Å². The van der Waals surface area contributed by atoms with E-state index in [1.807, 2.05) is 60.7 Å². The van der Waals surface area contributed by atoms with Crippen molar-refractivity contribution in [3.63, 3.8) is 0 Å². The lowest BCUT2D eigenvalue weighted by molar-refractivity contribution is -0.282. The molecule has 0 radical (unpaired) electrons. The highest BCUT2D eigenvalue weighted by Crippen LogP contribution is 2.27. The molecule has 1 fully saturated rings. The summed E-state index contributed by atoms with van der Waals surface area (Å²) in [5, 5.41) is 16.9. The first-order valence-corrected chi connectivity index (χ1v) is 14.9. The molecule has 5 atom stereocenters. The molecule has 2 aromatic carbocycles. The van der Waals surface area contributed by atoms with Crippen molar-refractivity contribution in [1.29, 1.82) is 0 Å². The van der Waals surface area contributed by atoms with Gasteiger partial charge < -0.3 is 39.4 Å². The maximum Gasteiger partial charge on any atom is 0.407 e. The first kappa shape index (κ1) is 33.4. The number of esters is 1. The Labute approximate surface area is 260 Å². The van der Waals surface area contributed by atoms with Crippen molar-refractivity contribution in [3.8, 4) is 0 Å². The highest BCUT2D eigenvalue weighted by atomic mass is 16.7. The second kappa shape index (κ2) is 17.7. The molecular formula is C33H46N2O9. The first-order chi connectivity index (χ1) is 21.6. The standard InChI is InChI=1S/C33H46N2O9/c1-5-13-26(36)35-28-30(41-20-23-14-8-6-9-15-23)29(38)25(43-31(28)42-21-24-16-10-7-11-17-24)22-40-27(37)18-12-19-34-32(39)44-33(2,3)4/h6-11,14-17,25,28-31,38H,5,12-13,18-22H2,1-4H3,(H,34,39)(H,35,36)/t25-,28-,29-,30-,31?/m1/s1/i1D. The zero-order valence-electron chi connectivity index (χ0n) is 26.7. The van der Waals surface area contributed by atoms with E-state index in [1.54, 1.807) is 20.8 Å². The summed E-state index contributed by atoms with van der Waals surface area (Å²) in [4.78, 5) is 37.1. The monoisotopic (exact) mass is 615 g/mol. The average molecular weight is 616 g/mol. The molecule has 1 aliphatic heterocycles. The van der Waals surface area contributed by atoms with Crippen molar-refractivity contribution in [2.24, 2.45) is 0 Å². The summed E-state index contributed by atoms with van der Waals surface area (Å²) in [5.74, 6) is -0.861. The molecule has 1 saturated heterocycles. The van der Waals surface area contributed by atoms with Crippen molar-refractivity contribution in [1.82, 2.24) is 10.6 Å². The second-order valence-electron chi connectivity index (χ2n) is 11.5. The second-order valence-corrected chi connectivity index (χ2v) is 11.5. The van der Waals surface area contributed by atoms with E-state index in [0.29, 0.717) is 12.8 Å². The van der Waals surface area contributed by atoms with Crippen LogP contribution in [0, 0.1) is 0 Å².